The van der Waals surface area contributed by atoms with Crippen molar-refractivity contribution < 1.29 is 0 Å². The second-order valence-electron chi connectivity index (χ2n) is 4.84. The summed E-state index contributed by atoms with van der Waals surface area (Å²) >= 11 is 0. The number of benzene rings is 1. The summed E-state index contributed by atoms with van der Waals surface area (Å²) in [7, 11) is 2.13. The van der Waals surface area contributed by atoms with Gasteiger partial charge >= 0.3 is 0 Å². The Bertz CT molecular complexity index is 497. The Kier molecular flexibility index (Phi) is 3.82. The molecule has 0 aliphatic carbocycles. The predicted molar refractivity (Wildman–Crippen MR) is 73.3 cm³/mol. The smallest absolute Gasteiger partial charge is 0.109 e. The molecule has 2 heteroatoms. The summed E-state index contributed by atoms with van der Waals surface area (Å²) in [5.74, 6) is 1.23. The van der Waals surface area contributed by atoms with E-state index in [-0.39, 0.29) is 0 Å². The third-order valence-electron chi connectivity index (χ3n) is 3.46. The van der Waals surface area contributed by atoms with E-state index in [1.807, 2.05) is 0 Å². The van der Waals surface area contributed by atoms with Crippen molar-refractivity contribution in [2.45, 2.75) is 46.0 Å². The number of imidazole rings is 1. The fourth-order valence-electron chi connectivity index (χ4n) is 2.34. The molecule has 0 saturated carbocycles. The number of hydrogen-bond donors (Lipinski definition) is 0. The first-order valence-corrected chi connectivity index (χ1v) is 6.65. The average molecular weight is 230 g/mol. The molecule has 1 aromatic heterocycles. The Morgan fingerprint density at radius 1 is 1.18 bits per heavy atom. The molecule has 0 radical (unpaired) electrons. The number of aromatic nitrogens is 2. The minimum atomic E-state index is 1.10. The van der Waals surface area contributed by atoms with E-state index >= 15 is 0 Å². The van der Waals surface area contributed by atoms with Gasteiger partial charge in [0.05, 0.1) is 11.0 Å². The molecule has 0 bridgehead atoms. The van der Waals surface area contributed by atoms with Crippen molar-refractivity contribution in [1.29, 1.82) is 0 Å². The third-order valence-corrected chi connectivity index (χ3v) is 3.46. The van der Waals surface area contributed by atoms with E-state index in [1.165, 1.54) is 48.1 Å². The monoisotopic (exact) mass is 230 g/mol. The van der Waals surface area contributed by atoms with Crippen LogP contribution in [0, 0.1) is 6.92 Å². The summed E-state index contributed by atoms with van der Waals surface area (Å²) in [5, 5.41) is 0. The molecule has 2 nitrogen and oxygen atoms in total. The fourth-order valence-corrected chi connectivity index (χ4v) is 2.34. The molecule has 2 rings (SSSR count). The van der Waals surface area contributed by atoms with Gasteiger partial charge in [0, 0.05) is 13.5 Å². The van der Waals surface area contributed by atoms with Crippen LogP contribution in [0.15, 0.2) is 18.2 Å². The minimum absolute atomic E-state index is 1.10. The second-order valence-corrected chi connectivity index (χ2v) is 4.84. The quantitative estimate of drug-likeness (QED) is 0.710. The van der Waals surface area contributed by atoms with Gasteiger partial charge in [0.15, 0.2) is 0 Å². The average Bonchev–Trinajstić information content (AvgIpc) is 2.65. The number of fused-ring (bicyclic) bond motifs is 1. The van der Waals surface area contributed by atoms with Crippen LogP contribution in [-0.2, 0) is 13.5 Å². The Morgan fingerprint density at radius 2 is 2.00 bits per heavy atom. The van der Waals surface area contributed by atoms with Crippen LogP contribution < -0.4 is 0 Å². The first kappa shape index (κ1) is 12.2. The molecule has 0 unspecified atom stereocenters. The predicted octanol–water partition coefficient (Wildman–Crippen LogP) is 4.00. The summed E-state index contributed by atoms with van der Waals surface area (Å²) in [5.41, 5.74) is 3.70. The summed E-state index contributed by atoms with van der Waals surface area (Å²) in [6.45, 7) is 4.38. The largest absolute Gasteiger partial charge is 0.331 e. The standard InChI is InChI=1S/C15H22N2/c1-4-5-6-7-11-14-16-15-12(2)9-8-10-13(15)17(14)3/h8-10H,4-7,11H2,1-3H3. The highest BCUT2D eigenvalue weighted by atomic mass is 15.1. The molecule has 0 aliphatic rings. The topological polar surface area (TPSA) is 17.8 Å². The highest BCUT2D eigenvalue weighted by molar-refractivity contribution is 5.79. The zero-order valence-electron chi connectivity index (χ0n) is 11.2. The molecule has 0 aliphatic heterocycles. The van der Waals surface area contributed by atoms with Crippen LogP contribution in [0.5, 0.6) is 0 Å². The lowest BCUT2D eigenvalue weighted by Crippen LogP contribution is -1.97. The summed E-state index contributed by atoms with van der Waals surface area (Å²) in [6.07, 6.45) is 6.30. The van der Waals surface area contributed by atoms with E-state index in [1.54, 1.807) is 0 Å². The molecule has 1 heterocycles. The first-order valence-electron chi connectivity index (χ1n) is 6.65. The number of aryl methyl sites for hydroxylation is 3. The summed E-state index contributed by atoms with van der Waals surface area (Å²) in [4.78, 5) is 4.77. The van der Waals surface area contributed by atoms with E-state index in [0.717, 1.165) is 6.42 Å². The normalized spacial score (nSPS) is 11.2. The summed E-state index contributed by atoms with van der Waals surface area (Å²) < 4.78 is 2.24. The van der Waals surface area contributed by atoms with Crippen LogP contribution in [0.4, 0.5) is 0 Å². The van der Waals surface area contributed by atoms with Gasteiger partial charge in [0.25, 0.3) is 0 Å². The zero-order valence-corrected chi connectivity index (χ0v) is 11.2. The van der Waals surface area contributed by atoms with E-state index in [9.17, 15) is 0 Å². The van der Waals surface area contributed by atoms with E-state index in [4.69, 9.17) is 4.98 Å². The molecule has 17 heavy (non-hydrogen) atoms. The van der Waals surface area contributed by atoms with E-state index in [2.05, 4.69) is 43.7 Å². The van der Waals surface area contributed by atoms with Crippen molar-refractivity contribution in [3.05, 3.63) is 29.6 Å². The maximum Gasteiger partial charge on any atom is 0.109 e. The van der Waals surface area contributed by atoms with Crippen LogP contribution in [0.2, 0.25) is 0 Å². The SMILES string of the molecule is CCCCCCc1nc2c(C)cccc2n1C. The molecule has 0 atom stereocenters. The molecular formula is C15H22N2. The van der Waals surface area contributed by atoms with Crippen LogP contribution in [0.25, 0.3) is 11.0 Å². The highest BCUT2D eigenvalue weighted by Gasteiger charge is 2.08. The lowest BCUT2D eigenvalue weighted by atomic mass is 10.1. The minimum Gasteiger partial charge on any atom is -0.331 e. The van der Waals surface area contributed by atoms with Crippen molar-refractivity contribution in [3.8, 4) is 0 Å². The maximum atomic E-state index is 4.77. The van der Waals surface area contributed by atoms with Crippen LogP contribution >= 0.6 is 0 Å². The van der Waals surface area contributed by atoms with Crippen molar-refractivity contribution in [2.24, 2.45) is 7.05 Å². The molecule has 0 fully saturated rings. The van der Waals surface area contributed by atoms with E-state index in [0.29, 0.717) is 0 Å². The van der Waals surface area contributed by atoms with Gasteiger partial charge in [-0.2, -0.15) is 0 Å². The van der Waals surface area contributed by atoms with Crippen molar-refractivity contribution in [2.75, 3.05) is 0 Å². The molecule has 1 aromatic carbocycles. The Morgan fingerprint density at radius 3 is 2.71 bits per heavy atom. The van der Waals surface area contributed by atoms with Crippen LogP contribution in [0.3, 0.4) is 0 Å². The number of para-hydroxylation sites is 1. The van der Waals surface area contributed by atoms with Gasteiger partial charge in [-0.05, 0) is 25.0 Å². The molecule has 92 valence electrons. The van der Waals surface area contributed by atoms with Gasteiger partial charge < -0.3 is 4.57 Å². The number of hydrogen-bond acceptors (Lipinski definition) is 1. The summed E-state index contributed by atoms with van der Waals surface area (Å²) in [6, 6.07) is 6.40. The molecule has 0 spiro atoms. The number of rotatable bonds is 5. The molecule has 0 saturated heterocycles. The van der Waals surface area contributed by atoms with Gasteiger partial charge in [-0.25, -0.2) is 4.98 Å². The van der Waals surface area contributed by atoms with Gasteiger partial charge in [-0.3, -0.25) is 0 Å². The molecule has 0 N–H and O–H groups in total. The number of unbranched alkanes of at least 4 members (excludes halogenated alkanes) is 3. The Labute approximate surface area is 104 Å². The second kappa shape index (κ2) is 5.35. The van der Waals surface area contributed by atoms with E-state index < -0.39 is 0 Å². The van der Waals surface area contributed by atoms with Gasteiger partial charge in [0.2, 0.25) is 0 Å². The lowest BCUT2D eigenvalue weighted by Gasteiger charge is -2.01. The Hall–Kier alpha value is -1.31. The molecular weight excluding hydrogens is 208 g/mol. The Balaban J connectivity index is 2.18. The molecule has 2 aromatic rings. The highest BCUT2D eigenvalue weighted by Crippen LogP contribution is 2.19. The van der Waals surface area contributed by atoms with Gasteiger partial charge in [-0.15, -0.1) is 0 Å². The third kappa shape index (κ3) is 2.51. The molecule has 0 amide bonds. The van der Waals surface area contributed by atoms with Crippen molar-refractivity contribution in [1.82, 2.24) is 9.55 Å². The van der Waals surface area contributed by atoms with Gasteiger partial charge in [-0.1, -0.05) is 38.3 Å². The van der Waals surface area contributed by atoms with Gasteiger partial charge in [0.1, 0.15) is 5.82 Å². The van der Waals surface area contributed by atoms with Crippen molar-refractivity contribution in [3.63, 3.8) is 0 Å². The maximum absolute atomic E-state index is 4.77. The zero-order chi connectivity index (χ0) is 12.3. The first-order chi connectivity index (χ1) is 8.24. The lowest BCUT2D eigenvalue weighted by molar-refractivity contribution is 0.642. The van der Waals surface area contributed by atoms with Crippen LogP contribution in [-0.4, -0.2) is 9.55 Å². The fraction of sp³-hybridized carbons (Fsp3) is 0.533. The van der Waals surface area contributed by atoms with Crippen molar-refractivity contribution >= 4 is 11.0 Å². The van der Waals surface area contributed by atoms with Crippen LogP contribution in [0.1, 0.15) is 44.0 Å². The number of nitrogens with zero attached hydrogens (tertiary/aromatic N) is 2.